The van der Waals surface area contributed by atoms with Crippen molar-refractivity contribution in [2.45, 2.75) is 63.9 Å². The number of H-pyrrole nitrogens is 1. The SMILES string of the molecule is C[C@]12CC[C@@H]3[C@@H](CCC4=CC(=O)CC[C@@H]43)[C@H]1CC[C@]2(O)c1cc2ccccc2[nH]1. The van der Waals surface area contributed by atoms with Gasteiger partial charge in [0.25, 0.3) is 0 Å². The third-order valence-corrected chi connectivity index (χ3v) is 9.43. The van der Waals surface area contributed by atoms with Crippen LogP contribution in [0.2, 0.25) is 0 Å². The third kappa shape index (κ3) is 2.37. The van der Waals surface area contributed by atoms with E-state index in [1.54, 1.807) is 0 Å². The second-order valence-electron chi connectivity index (χ2n) is 10.4. The average Bonchev–Trinajstić information content (AvgIpc) is 3.27. The summed E-state index contributed by atoms with van der Waals surface area (Å²) in [5.74, 6) is 2.95. The molecule has 1 aromatic heterocycles. The van der Waals surface area contributed by atoms with Gasteiger partial charge in [0.2, 0.25) is 0 Å². The Bertz CT molecular complexity index is 986. The van der Waals surface area contributed by atoms with Crippen molar-refractivity contribution in [3.05, 3.63) is 47.7 Å². The number of allylic oxidation sites excluding steroid dienone is 1. The number of aliphatic hydroxyl groups is 1. The highest BCUT2D eigenvalue weighted by Gasteiger charge is 2.63. The Morgan fingerprint density at radius 2 is 1.90 bits per heavy atom. The maximum Gasteiger partial charge on any atom is 0.155 e. The highest BCUT2D eigenvalue weighted by molar-refractivity contribution is 5.91. The van der Waals surface area contributed by atoms with Crippen molar-refractivity contribution in [2.75, 3.05) is 0 Å². The number of hydrogen-bond donors (Lipinski definition) is 2. The Morgan fingerprint density at radius 1 is 1.03 bits per heavy atom. The monoisotopic (exact) mass is 389 g/mol. The highest BCUT2D eigenvalue weighted by atomic mass is 16.3. The van der Waals surface area contributed by atoms with Crippen molar-refractivity contribution < 1.29 is 9.90 Å². The van der Waals surface area contributed by atoms with Crippen molar-refractivity contribution >= 4 is 16.7 Å². The number of ketones is 1. The number of carbonyl (C=O) groups excluding carboxylic acids is 1. The number of nitrogens with one attached hydrogen (secondary N) is 1. The molecule has 0 spiro atoms. The molecule has 3 saturated carbocycles. The summed E-state index contributed by atoms with van der Waals surface area (Å²) < 4.78 is 0. The predicted octanol–water partition coefficient (Wildman–Crippen LogP) is 5.50. The zero-order valence-electron chi connectivity index (χ0n) is 17.3. The normalized spacial score (nSPS) is 41.6. The summed E-state index contributed by atoms with van der Waals surface area (Å²) in [5.41, 5.74) is 2.74. The van der Waals surface area contributed by atoms with Gasteiger partial charge in [-0.1, -0.05) is 30.7 Å². The molecule has 1 heterocycles. The largest absolute Gasteiger partial charge is 0.383 e. The zero-order valence-corrected chi connectivity index (χ0v) is 17.3. The van der Waals surface area contributed by atoms with Crippen LogP contribution in [0.5, 0.6) is 0 Å². The number of aromatic amines is 1. The molecule has 0 bridgehead atoms. The quantitative estimate of drug-likeness (QED) is 0.677. The molecule has 152 valence electrons. The van der Waals surface area contributed by atoms with Gasteiger partial charge < -0.3 is 10.1 Å². The molecule has 1 aromatic carbocycles. The molecule has 3 heteroatoms. The minimum Gasteiger partial charge on any atom is -0.383 e. The number of rotatable bonds is 1. The fourth-order valence-electron chi connectivity index (χ4n) is 7.94. The summed E-state index contributed by atoms with van der Waals surface area (Å²) in [6.45, 7) is 2.36. The van der Waals surface area contributed by atoms with E-state index in [4.69, 9.17) is 0 Å². The van der Waals surface area contributed by atoms with Gasteiger partial charge in [0.15, 0.2) is 5.78 Å². The van der Waals surface area contributed by atoms with Gasteiger partial charge in [0.1, 0.15) is 5.60 Å². The number of fused-ring (bicyclic) bond motifs is 6. The van der Waals surface area contributed by atoms with Crippen LogP contribution in [0.3, 0.4) is 0 Å². The molecule has 29 heavy (non-hydrogen) atoms. The molecule has 4 aliphatic carbocycles. The molecule has 0 amide bonds. The van der Waals surface area contributed by atoms with E-state index >= 15 is 0 Å². The fourth-order valence-corrected chi connectivity index (χ4v) is 7.94. The van der Waals surface area contributed by atoms with Crippen LogP contribution in [-0.2, 0) is 10.4 Å². The molecule has 0 unspecified atom stereocenters. The van der Waals surface area contributed by atoms with E-state index in [9.17, 15) is 9.90 Å². The second-order valence-corrected chi connectivity index (χ2v) is 10.4. The zero-order chi connectivity index (χ0) is 19.8. The van der Waals surface area contributed by atoms with E-state index in [-0.39, 0.29) is 5.41 Å². The van der Waals surface area contributed by atoms with E-state index < -0.39 is 5.60 Å². The van der Waals surface area contributed by atoms with E-state index in [1.165, 1.54) is 23.8 Å². The number of para-hydroxylation sites is 1. The first-order valence-corrected chi connectivity index (χ1v) is 11.5. The molecule has 0 aliphatic heterocycles. The van der Waals surface area contributed by atoms with Crippen molar-refractivity contribution in [1.82, 2.24) is 4.98 Å². The molecule has 6 atom stereocenters. The second kappa shape index (κ2) is 6.07. The van der Waals surface area contributed by atoms with E-state index in [0.29, 0.717) is 29.5 Å². The van der Waals surface area contributed by atoms with Gasteiger partial charge in [-0.05, 0) is 92.2 Å². The van der Waals surface area contributed by atoms with Crippen molar-refractivity contribution in [2.24, 2.45) is 29.1 Å². The van der Waals surface area contributed by atoms with Crippen LogP contribution in [0.1, 0.15) is 64.0 Å². The Kier molecular flexibility index (Phi) is 3.76. The molecule has 3 fully saturated rings. The van der Waals surface area contributed by atoms with Gasteiger partial charge in [0, 0.05) is 23.0 Å². The minimum atomic E-state index is -0.764. The lowest BCUT2D eigenvalue weighted by atomic mass is 9.50. The lowest BCUT2D eigenvalue weighted by molar-refractivity contribution is -0.126. The Labute approximate surface area is 172 Å². The number of carbonyl (C=O) groups is 1. The summed E-state index contributed by atoms with van der Waals surface area (Å²) in [4.78, 5) is 15.5. The number of benzene rings is 1. The maximum atomic E-state index is 12.1. The first-order chi connectivity index (χ1) is 14.0. The van der Waals surface area contributed by atoms with Crippen LogP contribution >= 0.6 is 0 Å². The Balaban J connectivity index is 1.36. The highest BCUT2D eigenvalue weighted by Crippen LogP contribution is 2.67. The van der Waals surface area contributed by atoms with Crippen molar-refractivity contribution in [1.29, 1.82) is 0 Å². The average molecular weight is 390 g/mol. The predicted molar refractivity (Wildman–Crippen MR) is 114 cm³/mol. The van der Waals surface area contributed by atoms with Gasteiger partial charge >= 0.3 is 0 Å². The molecule has 4 aliphatic rings. The van der Waals surface area contributed by atoms with Crippen LogP contribution < -0.4 is 0 Å². The molecule has 0 saturated heterocycles. The minimum absolute atomic E-state index is 0.0687. The third-order valence-electron chi connectivity index (χ3n) is 9.43. The van der Waals surface area contributed by atoms with Crippen molar-refractivity contribution in [3.8, 4) is 0 Å². The summed E-state index contributed by atoms with van der Waals surface area (Å²) >= 11 is 0. The smallest absolute Gasteiger partial charge is 0.155 e. The van der Waals surface area contributed by atoms with Gasteiger partial charge in [0.05, 0.1) is 0 Å². The molecular weight excluding hydrogens is 358 g/mol. The molecule has 2 aromatic rings. The lowest BCUT2D eigenvalue weighted by Gasteiger charge is -2.55. The van der Waals surface area contributed by atoms with Crippen LogP contribution in [0, 0.1) is 29.1 Å². The lowest BCUT2D eigenvalue weighted by Crippen LogP contribution is -2.51. The van der Waals surface area contributed by atoms with Gasteiger partial charge in [-0.3, -0.25) is 4.79 Å². The van der Waals surface area contributed by atoms with Gasteiger partial charge in [-0.2, -0.15) is 0 Å². The maximum absolute atomic E-state index is 12.1. The molecule has 0 radical (unpaired) electrons. The Hall–Kier alpha value is -1.87. The number of hydrogen-bond acceptors (Lipinski definition) is 2. The van der Waals surface area contributed by atoms with E-state index in [2.05, 4.69) is 42.2 Å². The first-order valence-electron chi connectivity index (χ1n) is 11.5. The van der Waals surface area contributed by atoms with Gasteiger partial charge in [-0.15, -0.1) is 0 Å². The fraction of sp³-hybridized carbons (Fsp3) is 0.577. The molecular formula is C26H31NO2. The van der Waals surface area contributed by atoms with E-state index in [1.807, 2.05) is 6.08 Å². The molecule has 3 nitrogen and oxygen atoms in total. The van der Waals surface area contributed by atoms with Crippen LogP contribution in [0.4, 0.5) is 0 Å². The summed E-state index contributed by atoms with van der Waals surface area (Å²) in [5, 5.41) is 13.3. The van der Waals surface area contributed by atoms with Crippen molar-refractivity contribution in [3.63, 3.8) is 0 Å². The summed E-state index contributed by atoms with van der Waals surface area (Å²) in [6.07, 6.45) is 10.3. The first kappa shape index (κ1) is 17.9. The summed E-state index contributed by atoms with van der Waals surface area (Å²) in [7, 11) is 0. The van der Waals surface area contributed by atoms with Crippen LogP contribution in [-0.4, -0.2) is 15.9 Å². The summed E-state index contributed by atoms with van der Waals surface area (Å²) in [6, 6.07) is 10.5. The van der Waals surface area contributed by atoms with Gasteiger partial charge in [-0.25, -0.2) is 0 Å². The Morgan fingerprint density at radius 3 is 2.76 bits per heavy atom. The van der Waals surface area contributed by atoms with Crippen LogP contribution in [0.15, 0.2) is 42.0 Å². The topological polar surface area (TPSA) is 53.1 Å². The number of aromatic nitrogens is 1. The molecule has 2 N–H and O–H groups in total. The standard InChI is InChI=1S/C26H31NO2/c1-25-12-10-20-19-9-7-18(28)14-16(19)6-8-21(20)22(25)11-13-26(25,29)24-15-17-4-2-3-5-23(17)27-24/h2-5,14-15,19-22,27,29H,6-13H2,1H3/t19-,20-,21+,22+,25-,26-/m0/s1. The van der Waals surface area contributed by atoms with Crippen LogP contribution in [0.25, 0.3) is 10.9 Å². The molecule has 6 rings (SSSR count). The van der Waals surface area contributed by atoms with E-state index in [0.717, 1.165) is 49.7 Å².